The molecule has 1 aromatic carbocycles. The van der Waals surface area contributed by atoms with Gasteiger partial charge >= 0.3 is 0 Å². The third kappa shape index (κ3) is 1.61. The lowest BCUT2D eigenvalue weighted by Crippen LogP contribution is -2.18. The van der Waals surface area contributed by atoms with Crippen LogP contribution in [-0.4, -0.2) is 9.38 Å². The van der Waals surface area contributed by atoms with Crippen molar-refractivity contribution in [3.63, 3.8) is 0 Å². The van der Waals surface area contributed by atoms with Crippen molar-refractivity contribution < 1.29 is 0 Å². The Bertz CT molecular complexity index is 760. The number of rotatable bonds is 1. The standard InChI is InChI=1S/C15H12N2O/c1-11-14(12-7-3-2-4-8-12)16-13-9-5-6-10-17(13)15(11)18/h2-10H,1H3. The van der Waals surface area contributed by atoms with Crippen molar-refractivity contribution in [3.8, 4) is 11.3 Å². The van der Waals surface area contributed by atoms with Gasteiger partial charge in [-0.1, -0.05) is 36.4 Å². The van der Waals surface area contributed by atoms with Crippen LogP contribution in [0.3, 0.4) is 0 Å². The largest absolute Gasteiger partial charge is 0.269 e. The minimum atomic E-state index is -0.0144. The van der Waals surface area contributed by atoms with Crippen LogP contribution < -0.4 is 5.56 Å². The summed E-state index contributed by atoms with van der Waals surface area (Å²) in [5.41, 5.74) is 3.06. The third-order valence-electron chi connectivity index (χ3n) is 3.01. The zero-order chi connectivity index (χ0) is 12.5. The maximum atomic E-state index is 12.2. The number of nitrogens with zero attached hydrogens (tertiary/aromatic N) is 2. The molecule has 3 nitrogen and oxygen atoms in total. The number of aromatic nitrogens is 2. The average molecular weight is 236 g/mol. The van der Waals surface area contributed by atoms with Gasteiger partial charge in [0.15, 0.2) is 0 Å². The second-order valence-electron chi connectivity index (χ2n) is 4.19. The summed E-state index contributed by atoms with van der Waals surface area (Å²) >= 11 is 0. The Morgan fingerprint density at radius 3 is 2.50 bits per heavy atom. The Kier molecular flexibility index (Phi) is 2.45. The molecule has 0 aliphatic heterocycles. The lowest BCUT2D eigenvalue weighted by atomic mass is 10.1. The summed E-state index contributed by atoms with van der Waals surface area (Å²) in [7, 11) is 0. The van der Waals surface area contributed by atoms with Crippen LogP contribution in [0.4, 0.5) is 0 Å². The Labute approximate surface area is 104 Å². The number of hydrogen-bond donors (Lipinski definition) is 0. The summed E-state index contributed by atoms with van der Waals surface area (Å²) < 4.78 is 1.57. The molecule has 0 fully saturated rings. The first-order valence-corrected chi connectivity index (χ1v) is 5.81. The summed E-state index contributed by atoms with van der Waals surface area (Å²) in [6, 6.07) is 15.3. The van der Waals surface area contributed by atoms with Crippen molar-refractivity contribution in [2.24, 2.45) is 0 Å². The Balaban J connectivity index is 2.38. The van der Waals surface area contributed by atoms with E-state index in [2.05, 4.69) is 4.98 Å². The van der Waals surface area contributed by atoms with Crippen molar-refractivity contribution >= 4 is 5.65 Å². The van der Waals surface area contributed by atoms with E-state index >= 15 is 0 Å². The topological polar surface area (TPSA) is 34.4 Å². The van der Waals surface area contributed by atoms with Crippen molar-refractivity contribution in [1.82, 2.24) is 9.38 Å². The van der Waals surface area contributed by atoms with Crippen LogP contribution in [0.5, 0.6) is 0 Å². The van der Waals surface area contributed by atoms with Gasteiger partial charge in [-0.3, -0.25) is 9.20 Å². The maximum absolute atomic E-state index is 12.2. The van der Waals surface area contributed by atoms with Crippen LogP contribution in [0.15, 0.2) is 59.5 Å². The highest BCUT2D eigenvalue weighted by Gasteiger charge is 2.09. The van der Waals surface area contributed by atoms with Gasteiger partial charge in [0.25, 0.3) is 5.56 Å². The fourth-order valence-electron chi connectivity index (χ4n) is 2.05. The Hall–Kier alpha value is -2.42. The normalized spacial score (nSPS) is 10.7. The molecule has 2 heterocycles. The zero-order valence-electron chi connectivity index (χ0n) is 10.00. The fourth-order valence-corrected chi connectivity index (χ4v) is 2.05. The highest BCUT2D eigenvalue weighted by atomic mass is 16.1. The molecule has 0 saturated heterocycles. The number of benzene rings is 1. The van der Waals surface area contributed by atoms with Crippen LogP contribution in [-0.2, 0) is 0 Å². The summed E-state index contributed by atoms with van der Waals surface area (Å²) in [4.78, 5) is 16.8. The quantitative estimate of drug-likeness (QED) is 0.651. The Morgan fingerprint density at radius 1 is 1.00 bits per heavy atom. The fraction of sp³-hybridized carbons (Fsp3) is 0.0667. The molecule has 0 radical (unpaired) electrons. The molecule has 3 heteroatoms. The molecule has 18 heavy (non-hydrogen) atoms. The second kappa shape index (κ2) is 4.11. The number of pyridine rings is 1. The molecule has 88 valence electrons. The first-order chi connectivity index (χ1) is 8.77. The van der Waals surface area contributed by atoms with Gasteiger partial charge < -0.3 is 0 Å². The van der Waals surface area contributed by atoms with E-state index in [-0.39, 0.29) is 5.56 Å². The van der Waals surface area contributed by atoms with Gasteiger partial charge in [0, 0.05) is 17.3 Å². The van der Waals surface area contributed by atoms with Crippen molar-refractivity contribution in [2.75, 3.05) is 0 Å². The maximum Gasteiger partial charge on any atom is 0.261 e. The highest BCUT2D eigenvalue weighted by Crippen LogP contribution is 2.18. The second-order valence-corrected chi connectivity index (χ2v) is 4.19. The average Bonchev–Trinajstić information content (AvgIpc) is 2.44. The van der Waals surface area contributed by atoms with Gasteiger partial charge in [0.2, 0.25) is 0 Å². The molecule has 0 bridgehead atoms. The molecule has 0 saturated carbocycles. The van der Waals surface area contributed by atoms with E-state index in [0.29, 0.717) is 11.2 Å². The van der Waals surface area contributed by atoms with Crippen LogP contribution in [0.25, 0.3) is 16.9 Å². The molecule has 0 unspecified atom stereocenters. The van der Waals surface area contributed by atoms with Crippen LogP contribution in [0, 0.1) is 6.92 Å². The minimum absolute atomic E-state index is 0.0144. The lowest BCUT2D eigenvalue weighted by Gasteiger charge is -2.07. The molecule has 3 aromatic rings. The van der Waals surface area contributed by atoms with E-state index in [1.807, 2.05) is 55.5 Å². The van der Waals surface area contributed by atoms with E-state index in [1.165, 1.54) is 0 Å². The molecular weight excluding hydrogens is 224 g/mol. The highest BCUT2D eigenvalue weighted by molar-refractivity contribution is 5.64. The van der Waals surface area contributed by atoms with Crippen molar-refractivity contribution in [1.29, 1.82) is 0 Å². The molecule has 0 aliphatic rings. The summed E-state index contributed by atoms with van der Waals surface area (Å²) in [5.74, 6) is 0. The molecule has 0 amide bonds. The predicted octanol–water partition coefficient (Wildman–Crippen LogP) is 2.67. The minimum Gasteiger partial charge on any atom is -0.269 e. The van der Waals surface area contributed by atoms with Gasteiger partial charge in [-0.05, 0) is 19.1 Å². The SMILES string of the molecule is Cc1c(-c2ccccc2)nc2ccccn2c1=O. The van der Waals surface area contributed by atoms with Crippen molar-refractivity contribution in [2.45, 2.75) is 6.92 Å². The summed E-state index contributed by atoms with van der Waals surface area (Å²) in [6.45, 7) is 1.82. The van der Waals surface area contributed by atoms with Crippen LogP contribution >= 0.6 is 0 Å². The summed E-state index contributed by atoms with van der Waals surface area (Å²) in [6.07, 6.45) is 1.74. The molecule has 0 N–H and O–H groups in total. The molecule has 0 spiro atoms. The van der Waals surface area contributed by atoms with Gasteiger partial charge in [-0.15, -0.1) is 0 Å². The van der Waals surface area contributed by atoms with Gasteiger partial charge in [0.1, 0.15) is 5.65 Å². The van der Waals surface area contributed by atoms with E-state index in [1.54, 1.807) is 10.6 Å². The monoisotopic (exact) mass is 236 g/mol. The lowest BCUT2D eigenvalue weighted by molar-refractivity contribution is 1.02. The first-order valence-electron chi connectivity index (χ1n) is 5.81. The summed E-state index contributed by atoms with van der Waals surface area (Å²) in [5, 5.41) is 0. The predicted molar refractivity (Wildman–Crippen MR) is 71.6 cm³/mol. The van der Waals surface area contributed by atoms with Gasteiger partial charge in [-0.25, -0.2) is 4.98 Å². The van der Waals surface area contributed by atoms with E-state index in [9.17, 15) is 4.79 Å². The number of fused-ring (bicyclic) bond motifs is 1. The van der Waals surface area contributed by atoms with E-state index < -0.39 is 0 Å². The smallest absolute Gasteiger partial charge is 0.261 e. The van der Waals surface area contributed by atoms with Crippen LogP contribution in [0.1, 0.15) is 5.56 Å². The molecule has 3 rings (SSSR count). The van der Waals surface area contributed by atoms with Gasteiger partial charge in [0.05, 0.1) is 5.69 Å². The van der Waals surface area contributed by atoms with Gasteiger partial charge in [-0.2, -0.15) is 0 Å². The van der Waals surface area contributed by atoms with Crippen molar-refractivity contribution in [3.05, 3.63) is 70.6 Å². The van der Waals surface area contributed by atoms with E-state index in [4.69, 9.17) is 0 Å². The number of hydrogen-bond acceptors (Lipinski definition) is 2. The zero-order valence-corrected chi connectivity index (χ0v) is 10.00. The first kappa shape index (κ1) is 10.7. The molecule has 0 atom stereocenters. The molecule has 0 aliphatic carbocycles. The Morgan fingerprint density at radius 2 is 1.72 bits per heavy atom. The molecular formula is C15H12N2O. The van der Waals surface area contributed by atoms with Crippen LogP contribution in [0.2, 0.25) is 0 Å². The molecule has 2 aromatic heterocycles. The third-order valence-corrected chi connectivity index (χ3v) is 3.01. The van der Waals surface area contributed by atoms with E-state index in [0.717, 1.165) is 11.3 Å².